The van der Waals surface area contributed by atoms with Crippen LogP contribution in [-0.4, -0.2) is 34.4 Å². The third kappa shape index (κ3) is 3.50. The molecule has 0 unspecified atom stereocenters. The van der Waals surface area contributed by atoms with E-state index in [-0.39, 0.29) is 17.8 Å². The van der Waals surface area contributed by atoms with Crippen molar-refractivity contribution >= 4 is 32.6 Å². The summed E-state index contributed by atoms with van der Waals surface area (Å²) in [5, 5.41) is 7.29. The SMILES string of the molecule is COCCn1nc(C(=O)Nc2nc3ccc(C)cc3s2)ccc1=O. The second-order valence-electron chi connectivity index (χ2n) is 5.22. The first-order valence-corrected chi connectivity index (χ1v) is 8.14. The van der Waals surface area contributed by atoms with Crippen molar-refractivity contribution in [2.45, 2.75) is 13.5 Å². The highest BCUT2D eigenvalue weighted by molar-refractivity contribution is 7.22. The number of aryl methyl sites for hydroxylation is 1. The Kier molecular flexibility index (Phi) is 4.68. The first kappa shape index (κ1) is 16.3. The Morgan fingerprint density at radius 3 is 2.96 bits per heavy atom. The van der Waals surface area contributed by atoms with E-state index in [0.717, 1.165) is 15.8 Å². The van der Waals surface area contributed by atoms with Crippen molar-refractivity contribution in [2.24, 2.45) is 0 Å². The third-order valence-corrected chi connectivity index (χ3v) is 4.30. The van der Waals surface area contributed by atoms with Crippen LogP contribution in [0.15, 0.2) is 35.1 Å². The first-order chi connectivity index (χ1) is 11.6. The number of benzene rings is 1. The summed E-state index contributed by atoms with van der Waals surface area (Å²) >= 11 is 1.40. The molecule has 2 heterocycles. The quantitative estimate of drug-likeness (QED) is 0.766. The molecule has 0 bridgehead atoms. The number of nitrogens with zero attached hydrogens (tertiary/aromatic N) is 3. The molecule has 1 amide bonds. The zero-order valence-corrected chi connectivity index (χ0v) is 14.1. The Balaban J connectivity index is 1.81. The summed E-state index contributed by atoms with van der Waals surface area (Å²) in [7, 11) is 1.54. The van der Waals surface area contributed by atoms with E-state index in [2.05, 4.69) is 15.4 Å². The Morgan fingerprint density at radius 1 is 1.33 bits per heavy atom. The Bertz CT molecular complexity index is 948. The number of hydrogen-bond acceptors (Lipinski definition) is 6. The van der Waals surface area contributed by atoms with Crippen LogP contribution in [0.2, 0.25) is 0 Å². The molecule has 1 N–H and O–H groups in total. The van der Waals surface area contributed by atoms with Gasteiger partial charge in [0.25, 0.3) is 11.5 Å². The van der Waals surface area contributed by atoms with E-state index in [4.69, 9.17) is 4.74 Å². The number of methoxy groups -OCH3 is 1. The average Bonchev–Trinajstić information content (AvgIpc) is 2.95. The van der Waals surface area contributed by atoms with Crippen molar-refractivity contribution in [3.8, 4) is 0 Å². The van der Waals surface area contributed by atoms with Crippen molar-refractivity contribution in [3.63, 3.8) is 0 Å². The van der Waals surface area contributed by atoms with Crippen LogP contribution >= 0.6 is 11.3 Å². The number of hydrogen-bond donors (Lipinski definition) is 1. The van der Waals surface area contributed by atoms with Crippen LogP contribution in [0.5, 0.6) is 0 Å². The maximum absolute atomic E-state index is 12.3. The van der Waals surface area contributed by atoms with Crippen molar-refractivity contribution < 1.29 is 9.53 Å². The second kappa shape index (κ2) is 6.90. The summed E-state index contributed by atoms with van der Waals surface area (Å²) in [5.74, 6) is -0.406. The van der Waals surface area contributed by atoms with Crippen LogP contribution < -0.4 is 10.9 Å². The molecule has 0 aliphatic rings. The molecule has 1 aromatic carbocycles. The van der Waals surface area contributed by atoms with E-state index >= 15 is 0 Å². The van der Waals surface area contributed by atoms with E-state index in [0.29, 0.717) is 11.7 Å². The fourth-order valence-corrected chi connectivity index (χ4v) is 3.11. The predicted octanol–water partition coefficient (Wildman–Crippen LogP) is 2.06. The molecule has 2 aromatic heterocycles. The van der Waals surface area contributed by atoms with Gasteiger partial charge in [-0.15, -0.1) is 0 Å². The van der Waals surface area contributed by atoms with Gasteiger partial charge in [-0.05, 0) is 30.7 Å². The van der Waals surface area contributed by atoms with Crippen LogP contribution in [-0.2, 0) is 11.3 Å². The molecular formula is C16H16N4O3S. The highest BCUT2D eigenvalue weighted by Gasteiger charge is 2.13. The van der Waals surface area contributed by atoms with Gasteiger partial charge in [-0.2, -0.15) is 5.10 Å². The number of rotatable bonds is 5. The molecular weight excluding hydrogens is 328 g/mol. The number of fused-ring (bicyclic) bond motifs is 1. The van der Waals surface area contributed by atoms with E-state index in [9.17, 15) is 9.59 Å². The molecule has 0 fully saturated rings. The molecule has 3 rings (SSSR count). The molecule has 7 nitrogen and oxygen atoms in total. The van der Waals surface area contributed by atoms with Crippen LogP contribution in [0.3, 0.4) is 0 Å². The second-order valence-corrected chi connectivity index (χ2v) is 6.25. The van der Waals surface area contributed by atoms with Gasteiger partial charge in [0.2, 0.25) is 0 Å². The molecule has 24 heavy (non-hydrogen) atoms. The van der Waals surface area contributed by atoms with Gasteiger partial charge < -0.3 is 4.74 Å². The fourth-order valence-electron chi connectivity index (χ4n) is 2.15. The number of anilines is 1. The van der Waals surface area contributed by atoms with Gasteiger partial charge in [-0.25, -0.2) is 9.67 Å². The zero-order valence-electron chi connectivity index (χ0n) is 13.3. The lowest BCUT2D eigenvalue weighted by Crippen LogP contribution is -2.27. The third-order valence-electron chi connectivity index (χ3n) is 3.37. The Labute approximate surface area is 141 Å². The Morgan fingerprint density at radius 2 is 2.17 bits per heavy atom. The van der Waals surface area contributed by atoms with Gasteiger partial charge >= 0.3 is 0 Å². The summed E-state index contributed by atoms with van der Waals surface area (Å²) in [5.41, 5.74) is 1.84. The minimum atomic E-state index is -0.406. The van der Waals surface area contributed by atoms with Crippen LogP contribution in [0.1, 0.15) is 16.1 Å². The molecule has 0 atom stereocenters. The van der Waals surface area contributed by atoms with Gasteiger partial charge in [0, 0.05) is 13.2 Å². The minimum Gasteiger partial charge on any atom is -0.383 e. The number of amides is 1. The number of ether oxygens (including phenoxy) is 1. The van der Waals surface area contributed by atoms with Crippen LogP contribution in [0, 0.1) is 6.92 Å². The topological polar surface area (TPSA) is 86.1 Å². The molecule has 124 valence electrons. The number of carbonyl (C=O) groups is 1. The van der Waals surface area contributed by atoms with E-state index in [1.165, 1.54) is 35.3 Å². The number of nitrogens with one attached hydrogen (secondary N) is 1. The predicted molar refractivity (Wildman–Crippen MR) is 92.7 cm³/mol. The summed E-state index contributed by atoms with van der Waals surface area (Å²) in [6, 6.07) is 8.63. The average molecular weight is 344 g/mol. The monoisotopic (exact) mass is 344 g/mol. The number of carbonyl (C=O) groups excluding carboxylic acids is 1. The normalized spacial score (nSPS) is 10.9. The standard InChI is InChI=1S/C16H16N4O3S/c1-10-3-4-11-13(9-10)24-16(17-11)18-15(22)12-5-6-14(21)20(19-12)7-8-23-2/h3-6,9H,7-8H2,1-2H3,(H,17,18,22). The van der Waals surface area contributed by atoms with Gasteiger partial charge in [0.05, 0.1) is 23.4 Å². The zero-order chi connectivity index (χ0) is 17.1. The number of aromatic nitrogens is 3. The maximum Gasteiger partial charge on any atom is 0.277 e. The lowest BCUT2D eigenvalue weighted by Gasteiger charge is -2.06. The van der Waals surface area contributed by atoms with E-state index in [1.54, 1.807) is 0 Å². The van der Waals surface area contributed by atoms with Gasteiger partial charge in [0.1, 0.15) is 5.69 Å². The summed E-state index contributed by atoms with van der Waals surface area (Å²) < 4.78 is 7.14. The minimum absolute atomic E-state index is 0.154. The Hall–Kier alpha value is -2.58. The van der Waals surface area contributed by atoms with Gasteiger partial charge in [0.15, 0.2) is 5.13 Å². The highest BCUT2D eigenvalue weighted by Crippen LogP contribution is 2.26. The molecule has 0 aliphatic carbocycles. The fraction of sp³-hybridized carbons (Fsp3) is 0.250. The molecule has 3 aromatic rings. The summed E-state index contributed by atoms with van der Waals surface area (Å²) in [6.45, 7) is 2.64. The molecule has 0 saturated carbocycles. The maximum atomic E-state index is 12.3. The van der Waals surface area contributed by atoms with Crippen molar-refractivity contribution in [2.75, 3.05) is 19.0 Å². The molecule has 0 spiro atoms. The highest BCUT2D eigenvalue weighted by atomic mass is 32.1. The lowest BCUT2D eigenvalue weighted by molar-refractivity contribution is 0.101. The molecule has 0 aliphatic heterocycles. The smallest absolute Gasteiger partial charge is 0.277 e. The van der Waals surface area contributed by atoms with Gasteiger partial charge in [-0.3, -0.25) is 14.9 Å². The lowest BCUT2D eigenvalue weighted by atomic mass is 10.2. The van der Waals surface area contributed by atoms with Crippen molar-refractivity contribution in [3.05, 3.63) is 51.9 Å². The van der Waals surface area contributed by atoms with Crippen molar-refractivity contribution in [1.82, 2.24) is 14.8 Å². The van der Waals surface area contributed by atoms with Gasteiger partial charge in [-0.1, -0.05) is 17.4 Å². The number of thiazole rings is 1. The molecule has 0 radical (unpaired) electrons. The molecule has 8 heteroatoms. The first-order valence-electron chi connectivity index (χ1n) is 7.32. The van der Waals surface area contributed by atoms with Crippen LogP contribution in [0.25, 0.3) is 10.2 Å². The van der Waals surface area contributed by atoms with Crippen LogP contribution in [0.4, 0.5) is 5.13 Å². The largest absolute Gasteiger partial charge is 0.383 e. The summed E-state index contributed by atoms with van der Waals surface area (Å²) in [6.07, 6.45) is 0. The van der Waals surface area contributed by atoms with Crippen molar-refractivity contribution in [1.29, 1.82) is 0 Å². The summed E-state index contributed by atoms with van der Waals surface area (Å²) in [4.78, 5) is 28.4. The molecule has 0 saturated heterocycles. The van der Waals surface area contributed by atoms with E-state index < -0.39 is 5.91 Å². The van der Waals surface area contributed by atoms with E-state index in [1.807, 2.05) is 25.1 Å².